The molecule has 206 valence electrons. The van der Waals surface area contributed by atoms with Crippen molar-refractivity contribution in [3.63, 3.8) is 0 Å². The third-order valence-electron chi connectivity index (χ3n) is 8.31. The number of hydrogen-bond donors (Lipinski definition) is 0. The van der Waals surface area contributed by atoms with Gasteiger partial charge in [-0.05, 0) is 47.5 Å². The van der Waals surface area contributed by atoms with E-state index in [1.165, 1.54) is 0 Å². The van der Waals surface area contributed by atoms with Gasteiger partial charge in [0.25, 0.3) is 0 Å². The van der Waals surface area contributed by atoms with Crippen LogP contribution >= 0.6 is 0 Å². The maximum atomic E-state index is 6.52. The highest BCUT2D eigenvalue weighted by molar-refractivity contribution is 6.19. The van der Waals surface area contributed by atoms with E-state index in [1.54, 1.807) is 0 Å². The minimum atomic E-state index is 0.689. The van der Waals surface area contributed by atoms with Crippen molar-refractivity contribution in [2.45, 2.75) is 0 Å². The third-order valence-corrected chi connectivity index (χ3v) is 8.31. The monoisotopic (exact) mass is 564 g/mol. The van der Waals surface area contributed by atoms with Crippen LogP contribution in [0.1, 0.15) is 0 Å². The highest BCUT2D eigenvalue weighted by Gasteiger charge is 2.18. The lowest BCUT2D eigenvalue weighted by Crippen LogP contribution is -1.95. The summed E-state index contributed by atoms with van der Waals surface area (Å²) < 4.78 is 12.7. The van der Waals surface area contributed by atoms with E-state index in [0.717, 1.165) is 83.1 Å². The van der Waals surface area contributed by atoms with E-state index in [1.807, 2.05) is 72.8 Å². The zero-order valence-corrected chi connectivity index (χ0v) is 23.6. The molecule has 0 atom stereocenters. The van der Waals surface area contributed by atoms with Gasteiger partial charge in [0.05, 0.1) is 11.4 Å². The Morgan fingerprint density at radius 1 is 0.364 bits per heavy atom. The topological polar surface area (TPSA) is 52.1 Å². The highest BCUT2D eigenvalue weighted by atomic mass is 16.3. The molecule has 0 aliphatic heterocycles. The minimum Gasteiger partial charge on any atom is -0.456 e. The molecule has 0 saturated carbocycles. The molecule has 6 aromatic carbocycles. The molecular formula is C40H24N2O2. The summed E-state index contributed by atoms with van der Waals surface area (Å²) in [7, 11) is 0. The lowest BCUT2D eigenvalue weighted by Gasteiger charge is -2.09. The summed E-state index contributed by atoms with van der Waals surface area (Å²) in [6, 6.07) is 49.5. The molecule has 0 aliphatic rings. The molecule has 0 N–H and O–H groups in total. The fraction of sp³-hybridized carbons (Fsp3) is 0. The highest BCUT2D eigenvalue weighted by Crippen LogP contribution is 2.43. The molecule has 0 saturated heterocycles. The van der Waals surface area contributed by atoms with Crippen molar-refractivity contribution in [1.82, 2.24) is 9.97 Å². The average molecular weight is 565 g/mol. The summed E-state index contributed by atoms with van der Waals surface area (Å²) in [4.78, 5) is 9.96. The van der Waals surface area contributed by atoms with Crippen LogP contribution in [0.5, 0.6) is 0 Å². The van der Waals surface area contributed by atoms with Crippen molar-refractivity contribution in [2.75, 3.05) is 0 Å². The first kappa shape index (κ1) is 24.6. The summed E-state index contributed by atoms with van der Waals surface area (Å²) >= 11 is 0. The van der Waals surface area contributed by atoms with E-state index >= 15 is 0 Å². The van der Waals surface area contributed by atoms with Gasteiger partial charge in [-0.1, -0.05) is 109 Å². The summed E-state index contributed by atoms with van der Waals surface area (Å²) in [5.74, 6) is 0.689. The summed E-state index contributed by atoms with van der Waals surface area (Å²) in [6.07, 6.45) is 0. The van der Waals surface area contributed by atoms with E-state index in [4.69, 9.17) is 18.8 Å². The number of hydrogen-bond acceptors (Lipinski definition) is 4. The first-order valence-electron chi connectivity index (χ1n) is 14.7. The van der Waals surface area contributed by atoms with Crippen LogP contribution in [0, 0.1) is 0 Å². The van der Waals surface area contributed by atoms with Crippen molar-refractivity contribution >= 4 is 43.9 Å². The largest absolute Gasteiger partial charge is 0.456 e. The van der Waals surface area contributed by atoms with Crippen molar-refractivity contribution in [1.29, 1.82) is 0 Å². The van der Waals surface area contributed by atoms with E-state index in [-0.39, 0.29) is 0 Å². The molecule has 0 aliphatic carbocycles. The second-order valence-electron chi connectivity index (χ2n) is 11.0. The summed E-state index contributed by atoms with van der Waals surface area (Å²) in [5.41, 5.74) is 10.4. The smallest absolute Gasteiger partial charge is 0.160 e. The van der Waals surface area contributed by atoms with Crippen LogP contribution in [0.25, 0.3) is 88.9 Å². The minimum absolute atomic E-state index is 0.689. The Morgan fingerprint density at radius 3 is 1.61 bits per heavy atom. The third kappa shape index (κ3) is 3.92. The van der Waals surface area contributed by atoms with Crippen LogP contribution in [0.3, 0.4) is 0 Å². The molecule has 9 aromatic rings. The number of rotatable bonds is 4. The van der Waals surface area contributed by atoms with Gasteiger partial charge in [0.2, 0.25) is 0 Å². The predicted molar refractivity (Wildman–Crippen MR) is 178 cm³/mol. The Labute approximate surface area is 252 Å². The van der Waals surface area contributed by atoms with E-state index < -0.39 is 0 Å². The van der Waals surface area contributed by atoms with Gasteiger partial charge in [0.1, 0.15) is 22.3 Å². The van der Waals surface area contributed by atoms with Crippen molar-refractivity contribution in [3.05, 3.63) is 146 Å². The lowest BCUT2D eigenvalue weighted by molar-refractivity contribution is 0.668. The molecule has 3 aromatic heterocycles. The van der Waals surface area contributed by atoms with Gasteiger partial charge in [-0.2, -0.15) is 0 Å². The fourth-order valence-corrected chi connectivity index (χ4v) is 6.28. The SMILES string of the molecule is c1ccc(-c2cc(-c3ccc4c(c3)oc3cccc(-c5cccc6oc7ccccc7c56)c34)nc(-c3ccccc3)n2)cc1. The number of furan rings is 2. The van der Waals surface area contributed by atoms with Gasteiger partial charge in [-0.25, -0.2) is 9.97 Å². The molecule has 0 radical (unpaired) electrons. The van der Waals surface area contributed by atoms with Crippen molar-refractivity contribution < 1.29 is 8.83 Å². The van der Waals surface area contributed by atoms with Gasteiger partial charge in [-0.3, -0.25) is 0 Å². The summed E-state index contributed by atoms with van der Waals surface area (Å²) in [6.45, 7) is 0. The molecule has 0 fully saturated rings. The van der Waals surface area contributed by atoms with Gasteiger partial charge in [0.15, 0.2) is 5.82 Å². The number of para-hydroxylation sites is 1. The Balaban J connectivity index is 1.24. The number of aromatic nitrogens is 2. The second-order valence-corrected chi connectivity index (χ2v) is 11.0. The number of nitrogens with zero attached hydrogens (tertiary/aromatic N) is 2. The Morgan fingerprint density at radius 2 is 0.909 bits per heavy atom. The number of benzene rings is 6. The molecule has 0 unspecified atom stereocenters. The van der Waals surface area contributed by atoms with Gasteiger partial charge in [0, 0.05) is 38.2 Å². The molecule has 0 amide bonds. The van der Waals surface area contributed by atoms with Crippen LogP contribution < -0.4 is 0 Å². The van der Waals surface area contributed by atoms with Gasteiger partial charge in [-0.15, -0.1) is 0 Å². The van der Waals surface area contributed by atoms with Crippen molar-refractivity contribution in [2.24, 2.45) is 0 Å². The van der Waals surface area contributed by atoms with Crippen LogP contribution in [0.2, 0.25) is 0 Å². The Hall–Kier alpha value is -6.00. The van der Waals surface area contributed by atoms with Crippen LogP contribution in [-0.4, -0.2) is 9.97 Å². The maximum Gasteiger partial charge on any atom is 0.160 e. The lowest BCUT2D eigenvalue weighted by atomic mass is 9.95. The quantitative estimate of drug-likeness (QED) is 0.213. The first-order valence-corrected chi connectivity index (χ1v) is 14.7. The Kier molecular flexibility index (Phi) is 5.47. The zero-order valence-electron chi connectivity index (χ0n) is 23.6. The average Bonchev–Trinajstić information content (AvgIpc) is 3.67. The molecule has 4 heteroatoms. The molecule has 9 rings (SSSR count). The van der Waals surface area contributed by atoms with Gasteiger partial charge < -0.3 is 8.83 Å². The predicted octanol–water partition coefficient (Wildman–Crippen LogP) is 10.9. The molecule has 0 spiro atoms. The van der Waals surface area contributed by atoms with Gasteiger partial charge >= 0.3 is 0 Å². The summed E-state index contributed by atoms with van der Waals surface area (Å²) in [5, 5.41) is 4.37. The Bertz CT molecular complexity index is 2430. The molecule has 4 nitrogen and oxygen atoms in total. The molecule has 44 heavy (non-hydrogen) atoms. The molecule has 0 bridgehead atoms. The number of fused-ring (bicyclic) bond motifs is 6. The maximum absolute atomic E-state index is 6.52. The normalized spacial score (nSPS) is 11.6. The molecule has 3 heterocycles. The fourth-order valence-electron chi connectivity index (χ4n) is 6.28. The van der Waals surface area contributed by atoms with Crippen LogP contribution in [0.15, 0.2) is 154 Å². The standard InChI is InChI=1S/C40H24N2O2/c1-3-11-25(12-4-1)32-24-33(42-40(41-32)26-13-5-2-6-14-26)27-21-22-31-37(23-27)44-36-20-10-17-29(39(31)36)28-16-9-19-35-38(28)30-15-7-8-18-34(30)43-35/h1-24H. The first-order chi connectivity index (χ1) is 21.8. The van der Waals surface area contributed by atoms with E-state index in [9.17, 15) is 0 Å². The zero-order chi connectivity index (χ0) is 29.0. The van der Waals surface area contributed by atoms with E-state index in [2.05, 4.69) is 72.8 Å². The van der Waals surface area contributed by atoms with Crippen molar-refractivity contribution in [3.8, 4) is 45.0 Å². The van der Waals surface area contributed by atoms with Crippen LogP contribution in [0.4, 0.5) is 0 Å². The van der Waals surface area contributed by atoms with E-state index in [0.29, 0.717) is 5.82 Å². The second kappa shape index (κ2) is 9.79. The van der Waals surface area contributed by atoms with Crippen LogP contribution in [-0.2, 0) is 0 Å². The molecular weight excluding hydrogens is 540 g/mol.